The number of urea groups is 1. The molecule has 4 rings (SSSR count). The molecule has 0 aliphatic carbocycles. The van der Waals surface area contributed by atoms with Crippen molar-refractivity contribution in [1.29, 1.82) is 0 Å². The molecule has 0 atom stereocenters. The fourth-order valence-electron chi connectivity index (χ4n) is 3.22. The minimum Gasteiger partial charge on any atom is -0.497 e. The second kappa shape index (κ2) is 9.01. The normalized spacial score (nSPS) is 10.8. The molecule has 0 aliphatic rings. The van der Waals surface area contributed by atoms with Gasteiger partial charge < -0.3 is 19.9 Å². The molecule has 0 bridgehead atoms. The highest BCUT2D eigenvalue weighted by molar-refractivity contribution is 7.09. The third-order valence-electron chi connectivity index (χ3n) is 4.82. The van der Waals surface area contributed by atoms with Crippen LogP contribution in [-0.4, -0.2) is 23.0 Å². The molecule has 8 heteroatoms. The zero-order chi connectivity index (χ0) is 21.8. The summed E-state index contributed by atoms with van der Waals surface area (Å²) >= 11 is 1.50. The number of benzene rings is 2. The van der Waals surface area contributed by atoms with Gasteiger partial charge in [-0.1, -0.05) is 18.2 Å². The monoisotopic (exact) mass is 437 g/mol. The second-order valence-corrected chi connectivity index (χ2v) is 7.95. The Balaban J connectivity index is 1.64. The van der Waals surface area contributed by atoms with Gasteiger partial charge in [-0.15, -0.1) is 11.3 Å². The average Bonchev–Trinajstić information content (AvgIpc) is 3.28. The largest absolute Gasteiger partial charge is 0.497 e. The van der Waals surface area contributed by atoms with Crippen molar-refractivity contribution in [3.8, 4) is 5.75 Å². The number of H-pyrrole nitrogens is 1. The SMILES string of the molecule is COc1ccc2cc(CN(Cc3cccs3)C(=O)Nc3ccccc3F)c(=O)[nH]c2c1. The van der Waals surface area contributed by atoms with Crippen molar-refractivity contribution < 1.29 is 13.9 Å². The van der Waals surface area contributed by atoms with Crippen LogP contribution >= 0.6 is 11.3 Å². The Hall–Kier alpha value is -3.65. The van der Waals surface area contributed by atoms with Crippen LogP contribution in [-0.2, 0) is 13.1 Å². The molecule has 2 N–H and O–H groups in total. The Kier molecular flexibility index (Phi) is 5.99. The van der Waals surface area contributed by atoms with Crippen LogP contribution in [0.3, 0.4) is 0 Å². The van der Waals surface area contributed by atoms with E-state index in [1.54, 1.807) is 37.4 Å². The number of halogens is 1. The van der Waals surface area contributed by atoms with Gasteiger partial charge in [0, 0.05) is 16.5 Å². The van der Waals surface area contributed by atoms with E-state index in [0.29, 0.717) is 16.8 Å². The van der Waals surface area contributed by atoms with Crippen LogP contribution in [0.5, 0.6) is 5.75 Å². The number of carbonyl (C=O) groups is 1. The van der Waals surface area contributed by atoms with Crippen molar-refractivity contribution in [2.24, 2.45) is 0 Å². The van der Waals surface area contributed by atoms with E-state index >= 15 is 0 Å². The molecule has 2 heterocycles. The number of thiophene rings is 1. The summed E-state index contributed by atoms with van der Waals surface area (Å²) in [5.74, 6) is 0.115. The Morgan fingerprint density at radius 3 is 2.71 bits per heavy atom. The quantitative estimate of drug-likeness (QED) is 0.447. The van der Waals surface area contributed by atoms with E-state index in [0.717, 1.165) is 10.3 Å². The molecule has 4 aromatic rings. The highest BCUT2D eigenvalue weighted by Crippen LogP contribution is 2.21. The molecule has 2 aromatic carbocycles. The van der Waals surface area contributed by atoms with Gasteiger partial charge in [0.25, 0.3) is 5.56 Å². The predicted octanol–water partition coefficient (Wildman–Crippen LogP) is 4.97. The van der Waals surface area contributed by atoms with Gasteiger partial charge in [0.15, 0.2) is 0 Å². The lowest BCUT2D eigenvalue weighted by Crippen LogP contribution is -2.35. The van der Waals surface area contributed by atoms with Crippen LogP contribution in [0.25, 0.3) is 10.9 Å². The minimum absolute atomic E-state index is 0.0650. The van der Waals surface area contributed by atoms with Crippen LogP contribution < -0.4 is 15.6 Å². The topological polar surface area (TPSA) is 74.4 Å². The van der Waals surface area contributed by atoms with Gasteiger partial charge in [-0.3, -0.25) is 4.79 Å². The molecule has 0 spiro atoms. The number of hydrogen-bond acceptors (Lipinski definition) is 4. The number of amides is 2. The van der Waals surface area contributed by atoms with Crippen LogP contribution in [0.1, 0.15) is 10.4 Å². The molecular formula is C23H20FN3O3S. The zero-order valence-corrected chi connectivity index (χ0v) is 17.5. The van der Waals surface area contributed by atoms with Gasteiger partial charge in [-0.05, 0) is 47.2 Å². The molecule has 0 aliphatic heterocycles. The molecule has 158 valence electrons. The summed E-state index contributed by atoms with van der Waals surface area (Å²) in [5.41, 5.74) is 0.866. The lowest BCUT2D eigenvalue weighted by molar-refractivity contribution is 0.206. The standard InChI is InChI=1S/C23H20FN3O3S/c1-30-17-9-8-15-11-16(22(28)25-21(15)12-17)13-27(14-18-5-4-10-31-18)23(29)26-20-7-3-2-6-19(20)24/h2-12H,13-14H2,1H3,(H,25,28)(H,26,29). The maximum absolute atomic E-state index is 14.0. The number of rotatable bonds is 6. The predicted molar refractivity (Wildman–Crippen MR) is 120 cm³/mol. The first-order chi connectivity index (χ1) is 15.0. The fraction of sp³-hybridized carbons (Fsp3) is 0.130. The Morgan fingerprint density at radius 1 is 1.13 bits per heavy atom. The third-order valence-corrected chi connectivity index (χ3v) is 5.68. The smallest absolute Gasteiger partial charge is 0.322 e. The summed E-state index contributed by atoms with van der Waals surface area (Å²) in [4.78, 5) is 30.9. The van der Waals surface area contributed by atoms with Gasteiger partial charge in [-0.2, -0.15) is 0 Å². The number of nitrogens with zero attached hydrogens (tertiary/aromatic N) is 1. The van der Waals surface area contributed by atoms with Crippen LogP contribution in [0, 0.1) is 5.82 Å². The summed E-state index contributed by atoms with van der Waals surface area (Å²) < 4.78 is 19.2. The first kappa shape index (κ1) is 20.6. The number of pyridine rings is 1. The molecule has 0 unspecified atom stereocenters. The zero-order valence-electron chi connectivity index (χ0n) is 16.7. The second-order valence-electron chi connectivity index (χ2n) is 6.92. The molecule has 6 nitrogen and oxygen atoms in total. The van der Waals surface area contributed by atoms with E-state index in [4.69, 9.17) is 4.74 Å². The van der Waals surface area contributed by atoms with Crippen molar-refractivity contribution in [2.45, 2.75) is 13.1 Å². The van der Waals surface area contributed by atoms with Crippen molar-refractivity contribution in [3.05, 3.63) is 92.7 Å². The Morgan fingerprint density at radius 2 is 1.97 bits per heavy atom. The van der Waals surface area contributed by atoms with E-state index in [-0.39, 0.29) is 24.3 Å². The minimum atomic E-state index is -0.524. The maximum atomic E-state index is 14.0. The molecule has 2 aromatic heterocycles. The average molecular weight is 437 g/mol. The number of fused-ring (bicyclic) bond motifs is 1. The highest BCUT2D eigenvalue weighted by atomic mass is 32.1. The summed E-state index contributed by atoms with van der Waals surface area (Å²) in [6, 6.07) is 16.4. The Labute approximate surface area is 181 Å². The summed E-state index contributed by atoms with van der Waals surface area (Å²) in [6.45, 7) is 0.355. The number of para-hydroxylation sites is 1. The first-order valence-corrected chi connectivity index (χ1v) is 10.4. The number of hydrogen-bond donors (Lipinski definition) is 2. The summed E-state index contributed by atoms with van der Waals surface area (Å²) in [6.07, 6.45) is 0. The lowest BCUT2D eigenvalue weighted by Gasteiger charge is -2.23. The molecule has 0 saturated heterocycles. The van der Waals surface area contributed by atoms with E-state index in [1.807, 2.05) is 23.6 Å². The van der Waals surface area contributed by atoms with E-state index in [9.17, 15) is 14.0 Å². The third kappa shape index (κ3) is 4.75. The first-order valence-electron chi connectivity index (χ1n) is 9.56. The van der Waals surface area contributed by atoms with Crippen LogP contribution in [0.15, 0.2) is 70.8 Å². The van der Waals surface area contributed by atoms with E-state index in [2.05, 4.69) is 10.3 Å². The number of carbonyl (C=O) groups excluding carboxylic acids is 1. The highest BCUT2D eigenvalue weighted by Gasteiger charge is 2.18. The molecular weight excluding hydrogens is 417 g/mol. The fourth-order valence-corrected chi connectivity index (χ4v) is 3.94. The lowest BCUT2D eigenvalue weighted by atomic mass is 10.1. The van der Waals surface area contributed by atoms with E-state index in [1.165, 1.54) is 28.4 Å². The van der Waals surface area contributed by atoms with Crippen molar-refractivity contribution >= 4 is 34.0 Å². The number of nitrogens with one attached hydrogen (secondary N) is 2. The van der Waals surface area contributed by atoms with Crippen LogP contribution in [0.2, 0.25) is 0 Å². The van der Waals surface area contributed by atoms with Crippen LogP contribution in [0.4, 0.5) is 14.9 Å². The molecule has 0 saturated carbocycles. The molecule has 0 radical (unpaired) electrons. The number of anilines is 1. The van der Waals surface area contributed by atoms with Crippen molar-refractivity contribution in [1.82, 2.24) is 9.88 Å². The number of aromatic amines is 1. The number of aromatic nitrogens is 1. The van der Waals surface area contributed by atoms with Gasteiger partial charge in [0.2, 0.25) is 0 Å². The van der Waals surface area contributed by atoms with Gasteiger partial charge in [0.1, 0.15) is 11.6 Å². The summed E-state index contributed by atoms with van der Waals surface area (Å²) in [7, 11) is 1.56. The number of ether oxygens (including phenoxy) is 1. The van der Waals surface area contributed by atoms with Gasteiger partial charge >= 0.3 is 6.03 Å². The molecule has 2 amide bonds. The van der Waals surface area contributed by atoms with Crippen molar-refractivity contribution in [2.75, 3.05) is 12.4 Å². The Bertz CT molecular complexity index is 1270. The maximum Gasteiger partial charge on any atom is 0.322 e. The van der Waals surface area contributed by atoms with Gasteiger partial charge in [-0.25, -0.2) is 9.18 Å². The van der Waals surface area contributed by atoms with Crippen molar-refractivity contribution in [3.63, 3.8) is 0 Å². The number of methoxy groups -OCH3 is 1. The molecule has 31 heavy (non-hydrogen) atoms. The van der Waals surface area contributed by atoms with Gasteiger partial charge in [0.05, 0.1) is 31.4 Å². The molecule has 0 fully saturated rings. The van der Waals surface area contributed by atoms with E-state index < -0.39 is 11.8 Å². The summed E-state index contributed by atoms with van der Waals surface area (Å²) in [5, 5.41) is 5.34.